The van der Waals surface area contributed by atoms with Gasteiger partial charge in [0.1, 0.15) is 6.04 Å². The maximum atomic E-state index is 12.8. The number of hydrogen-bond donors (Lipinski definition) is 1. The van der Waals surface area contributed by atoms with Crippen molar-refractivity contribution in [3.63, 3.8) is 0 Å². The summed E-state index contributed by atoms with van der Waals surface area (Å²) >= 11 is 1.96. The molecule has 2 aliphatic rings. The molecule has 1 amide bonds. The molecule has 2 aliphatic heterocycles. The van der Waals surface area contributed by atoms with Crippen LogP contribution in [0.4, 0.5) is 0 Å². The summed E-state index contributed by atoms with van der Waals surface area (Å²) in [6.07, 6.45) is 2.35. The van der Waals surface area contributed by atoms with Crippen molar-refractivity contribution in [2.24, 2.45) is 0 Å². The molecule has 0 radical (unpaired) electrons. The average molecular weight is 320 g/mol. The van der Waals surface area contributed by atoms with Crippen LogP contribution < -0.4 is 5.32 Å². The minimum atomic E-state index is -0.177. The Morgan fingerprint density at radius 2 is 2.09 bits per heavy atom. The molecule has 5 heteroatoms. The van der Waals surface area contributed by atoms with E-state index in [0.717, 1.165) is 49.6 Å². The second-order valence-corrected chi connectivity index (χ2v) is 7.07. The zero-order valence-electron chi connectivity index (χ0n) is 12.9. The first kappa shape index (κ1) is 15.8. The Kier molecular flexibility index (Phi) is 5.76. The second-order valence-electron chi connectivity index (χ2n) is 5.84. The van der Waals surface area contributed by atoms with Gasteiger partial charge in [0, 0.05) is 37.7 Å². The predicted octanol–water partition coefficient (Wildman–Crippen LogP) is 2.07. The van der Waals surface area contributed by atoms with Gasteiger partial charge in [0.25, 0.3) is 0 Å². The van der Waals surface area contributed by atoms with Crippen LogP contribution in [-0.4, -0.2) is 54.7 Å². The Morgan fingerprint density at radius 3 is 2.77 bits per heavy atom. The van der Waals surface area contributed by atoms with E-state index in [1.165, 1.54) is 0 Å². The van der Waals surface area contributed by atoms with Crippen molar-refractivity contribution in [1.29, 1.82) is 0 Å². The zero-order chi connectivity index (χ0) is 15.2. The van der Waals surface area contributed by atoms with Gasteiger partial charge < -0.3 is 10.1 Å². The summed E-state index contributed by atoms with van der Waals surface area (Å²) in [6, 6.07) is 9.94. The first-order chi connectivity index (χ1) is 10.8. The molecule has 0 saturated carbocycles. The number of nitrogens with zero attached hydrogens (tertiary/aromatic N) is 1. The maximum absolute atomic E-state index is 12.8. The van der Waals surface area contributed by atoms with Crippen molar-refractivity contribution in [2.75, 3.05) is 37.7 Å². The third-order valence-corrected chi connectivity index (χ3v) is 5.24. The topological polar surface area (TPSA) is 41.6 Å². The summed E-state index contributed by atoms with van der Waals surface area (Å²) in [6.45, 7) is 3.39. The Hall–Kier alpha value is -1.04. The summed E-state index contributed by atoms with van der Waals surface area (Å²) in [4.78, 5) is 15.1. The van der Waals surface area contributed by atoms with Crippen LogP contribution in [0, 0.1) is 0 Å². The van der Waals surface area contributed by atoms with E-state index in [0.29, 0.717) is 6.54 Å². The average Bonchev–Trinajstić information content (AvgIpc) is 3.09. The van der Waals surface area contributed by atoms with Crippen LogP contribution in [0.5, 0.6) is 0 Å². The van der Waals surface area contributed by atoms with Crippen molar-refractivity contribution in [1.82, 2.24) is 10.2 Å². The van der Waals surface area contributed by atoms with Gasteiger partial charge in [-0.15, -0.1) is 0 Å². The molecule has 0 bridgehead atoms. The molecular formula is C17H24N2O2S. The maximum Gasteiger partial charge on any atom is 0.242 e. The van der Waals surface area contributed by atoms with E-state index in [2.05, 4.69) is 22.3 Å². The van der Waals surface area contributed by atoms with Gasteiger partial charge in [-0.05, 0) is 18.4 Å². The van der Waals surface area contributed by atoms with Crippen molar-refractivity contribution in [3.8, 4) is 0 Å². The molecule has 1 aromatic carbocycles. The molecule has 22 heavy (non-hydrogen) atoms. The molecule has 2 fully saturated rings. The lowest BCUT2D eigenvalue weighted by molar-refractivity contribution is -0.127. The Balaban J connectivity index is 1.67. The van der Waals surface area contributed by atoms with Gasteiger partial charge in [-0.25, -0.2) is 0 Å². The van der Waals surface area contributed by atoms with E-state index < -0.39 is 0 Å². The smallest absolute Gasteiger partial charge is 0.242 e. The van der Waals surface area contributed by atoms with Crippen LogP contribution >= 0.6 is 11.8 Å². The Bertz CT molecular complexity index is 471. The highest BCUT2D eigenvalue weighted by atomic mass is 32.2. The number of ether oxygens (including phenoxy) is 1. The molecule has 4 nitrogen and oxygen atoms in total. The van der Waals surface area contributed by atoms with Crippen LogP contribution in [0.25, 0.3) is 0 Å². The number of carbonyl (C=O) groups excluding carboxylic acids is 1. The fraction of sp³-hybridized carbons (Fsp3) is 0.588. The van der Waals surface area contributed by atoms with Gasteiger partial charge in [0.15, 0.2) is 0 Å². The summed E-state index contributed by atoms with van der Waals surface area (Å²) in [7, 11) is 0. The lowest BCUT2D eigenvalue weighted by Gasteiger charge is -2.33. The van der Waals surface area contributed by atoms with E-state index in [1.54, 1.807) is 0 Å². The van der Waals surface area contributed by atoms with Crippen molar-refractivity contribution < 1.29 is 9.53 Å². The molecule has 0 aromatic heterocycles. The first-order valence-corrected chi connectivity index (χ1v) is 9.26. The third kappa shape index (κ3) is 4.03. The number of thioether (sulfide) groups is 1. The van der Waals surface area contributed by atoms with Gasteiger partial charge in [0.2, 0.25) is 5.91 Å². The standard InChI is InChI=1S/C17H24N2O2S/c20-17(18-13-15-7-4-10-21-15)16(14-5-2-1-3-6-14)19-8-11-22-12-9-19/h1-3,5-6,15-16H,4,7-13H2,(H,18,20)/t15-,16+/m0/s1. The van der Waals surface area contributed by atoms with Gasteiger partial charge >= 0.3 is 0 Å². The summed E-state index contributed by atoms with van der Waals surface area (Å²) < 4.78 is 5.60. The molecule has 0 spiro atoms. The van der Waals surface area contributed by atoms with E-state index in [1.807, 2.05) is 30.0 Å². The summed E-state index contributed by atoms with van der Waals surface area (Å²) in [5.41, 5.74) is 1.08. The van der Waals surface area contributed by atoms with E-state index in [-0.39, 0.29) is 18.1 Å². The fourth-order valence-corrected chi connectivity index (χ4v) is 4.05. The minimum absolute atomic E-state index is 0.105. The highest BCUT2D eigenvalue weighted by Gasteiger charge is 2.29. The van der Waals surface area contributed by atoms with Gasteiger partial charge in [0.05, 0.1) is 6.10 Å². The number of nitrogens with one attached hydrogen (secondary N) is 1. The molecule has 2 atom stereocenters. The lowest BCUT2D eigenvalue weighted by Crippen LogP contribution is -2.45. The highest BCUT2D eigenvalue weighted by Crippen LogP contribution is 2.24. The summed E-state index contributed by atoms with van der Waals surface area (Å²) in [5.74, 6) is 2.30. The lowest BCUT2D eigenvalue weighted by atomic mass is 10.0. The largest absolute Gasteiger partial charge is 0.376 e. The number of carbonyl (C=O) groups is 1. The van der Waals surface area contributed by atoms with Crippen LogP contribution in [0.3, 0.4) is 0 Å². The number of hydrogen-bond acceptors (Lipinski definition) is 4. The number of rotatable bonds is 5. The Labute approximate surface area is 136 Å². The van der Waals surface area contributed by atoms with Crippen LogP contribution in [0.2, 0.25) is 0 Å². The summed E-state index contributed by atoms with van der Waals surface area (Å²) in [5, 5.41) is 3.11. The Morgan fingerprint density at radius 1 is 1.32 bits per heavy atom. The van der Waals surface area contributed by atoms with E-state index in [4.69, 9.17) is 4.74 Å². The molecular weight excluding hydrogens is 296 g/mol. The fourth-order valence-electron chi connectivity index (χ4n) is 3.12. The van der Waals surface area contributed by atoms with E-state index >= 15 is 0 Å². The minimum Gasteiger partial charge on any atom is -0.376 e. The number of benzene rings is 1. The molecule has 3 rings (SSSR count). The van der Waals surface area contributed by atoms with Gasteiger partial charge in [-0.3, -0.25) is 9.69 Å². The van der Waals surface area contributed by atoms with Gasteiger partial charge in [-0.2, -0.15) is 11.8 Å². The highest BCUT2D eigenvalue weighted by molar-refractivity contribution is 7.99. The zero-order valence-corrected chi connectivity index (χ0v) is 13.7. The van der Waals surface area contributed by atoms with Crippen LogP contribution in [0.15, 0.2) is 30.3 Å². The van der Waals surface area contributed by atoms with Crippen molar-refractivity contribution >= 4 is 17.7 Å². The molecule has 1 aromatic rings. The van der Waals surface area contributed by atoms with E-state index in [9.17, 15) is 4.79 Å². The molecule has 2 saturated heterocycles. The third-order valence-electron chi connectivity index (χ3n) is 4.30. The number of amides is 1. The molecule has 1 N–H and O–H groups in total. The normalized spacial score (nSPS) is 24.1. The first-order valence-electron chi connectivity index (χ1n) is 8.10. The predicted molar refractivity (Wildman–Crippen MR) is 90.1 cm³/mol. The van der Waals surface area contributed by atoms with Crippen LogP contribution in [0.1, 0.15) is 24.4 Å². The molecule has 0 unspecified atom stereocenters. The molecule has 2 heterocycles. The quantitative estimate of drug-likeness (QED) is 0.902. The molecule has 0 aliphatic carbocycles. The van der Waals surface area contributed by atoms with Crippen molar-refractivity contribution in [2.45, 2.75) is 25.0 Å². The van der Waals surface area contributed by atoms with Gasteiger partial charge in [-0.1, -0.05) is 30.3 Å². The van der Waals surface area contributed by atoms with Crippen molar-refractivity contribution in [3.05, 3.63) is 35.9 Å². The molecule has 120 valence electrons. The SMILES string of the molecule is O=C(NC[C@@H]1CCCO1)[C@@H](c1ccccc1)N1CCSCC1. The van der Waals surface area contributed by atoms with Crippen LogP contribution in [-0.2, 0) is 9.53 Å². The monoisotopic (exact) mass is 320 g/mol. The second kappa shape index (κ2) is 7.99.